The van der Waals surface area contributed by atoms with Crippen LogP contribution in [0.5, 0.6) is 5.75 Å². The zero-order valence-corrected chi connectivity index (χ0v) is 11.3. The van der Waals surface area contributed by atoms with E-state index in [1.165, 1.54) is 31.2 Å². The topological polar surface area (TPSA) is 55.6 Å². The van der Waals surface area contributed by atoms with Crippen molar-refractivity contribution in [2.45, 2.75) is 0 Å². The van der Waals surface area contributed by atoms with Crippen LogP contribution in [0, 0.1) is 5.82 Å². The molecule has 2 aromatic carbocycles. The summed E-state index contributed by atoms with van der Waals surface area (Å²) in [5.74, 6) is -0.301. The number of nitrogen functional groups attached to an aromatic ring is 1. The molecule has 0 heterocycles. The number of amides is 1. The summed E-state index contributed by atoms with van der Waals surface area (Å²) in [6.07, 6.45) is 0. The molecule has 0 spiro atoms. The number of nitrogens with two attached hydrogens (primary N) is 1. The summed E-state index contributed by atoms with van der Waals surface area (Å²) in [7, 11) is 3.01. The molecule has 104 valence electrons. The highest BCUT2D eigenvalue weighted by molar-refractivity contribution is 6.06. The second-order valence-corrected chi connectivity index (χ2v) is 4.27. The van der Waals surface area contributed by atoms with E-state index < -0.39 is 5.82 Å². The third-order valence-electron chi connectivity index (χ3n) is 3.00. The SMILES string of the molecule is COc1ccc(C(=O)N(C)c2ccccc2F)cc1N. The lowest BCUT2D eigenvalue weighted by Crippen LogP contribution is -2.27. The van der Waals surface area contributed by atoms with Crippen molar-refractivity contribution in [3.05, 3.63) is 53.8 Å². The summed E-state index contributed by atoms with van der Waals surface area (Å²) < 4.78 is 18.7. The molecule has 2 rings (SSSR count). The van der Waals surface area contributed by atoms with E-state index >= 15 is 0 Å². The molecule has 0 aliphatic rings. The van der Waals surface area contributed by atoms with Crippen LogP contribution in [0.15, 0.2) is 42.5 Å². The van der Waals surface area contributed by atoms with Crippen LogP contribution >= 0.6 is 0 Å². The van der Waals surface area contributed by atoms with Crippen LogP contribution in [0.2, 0.25) is 0 Å². The molecule has 0 aromatic heterocycles. The Balaban J connectivity index is 2.32. The molecule has 1 amide bonds. The van der Waals surface area contributed by atoms with Crippen molar-refractivity contribution in [2.24, 2.45) is 0 Å². The second-order valence-electron chi connectivity index (χ2n) is 4.27. The van der Waals surface area contributed by atoms with Crippen molar-refractivity contribution in [1.82, 2.24) is 0 Å². The number of halogens is 1. The fourth-order valence-electron chi connectivity index (χ4n) is 1.89. The molecule has 0 bridgehead atoms. The fourth-order valence-corrected chi connectivity index (χ4v) is 1.89. The molecule has 0 unspecified atom stereocenters. The van der Waals surface area contributed by atoms with Crippen molar-refractivity contribution < 1.29 is 13.9 Å². The van der Waals surface area contributed by atoms with E-state index in [1.54, 1.807) is 30.3 Å². The quantitative estimate of drug-likeness (QED) is 0.875. The number of methoxy groups -OCH3 is 1. The fraction of sp³-hybridized carbons (Fsp3) is 0.133. The second kappa shape index (κ2) is 5.61. The third kappa shape index (κ3) is 2.56. The predicted molar refractivity (Wildman–Crippen MR) is 76.5 cm³/mol. The van der Waals surface area contributed by atoms with Gasteiger partial charge in [0.2, 0.25) is 0 Å². The van der Waals surface area contributed by atoms with Crippen LogP contribution in [-0.4, -0.2) is 20.1 Å². The first-order valence-corrected chi connectivity index (χ1v) is 6.00. The Bertz CT molecular complexity index is 644. The Kier molecular flexibility index (Phi) is 3.89. The van der Waals surface area contributed by atoms with Gasteiger partial charge in [0.05, 0.1) is 18.5 Å². The highest BCUT2D eigenvalue weighted by atomic mass is 19.1. The van der Waals surface area contributed by atoms with Crippen LogP contribution in [0.25, 0.3) is 0 Å². The molecule has 0 aliphatic carbocycles. The molecule has 20 heavy (non-hydrogen) atoms. The molecule has 5 heteroatoms. The predicted octanol–water partition coefficient (Wildman–Crippen LogP) is 2.69. The maximum absolute atomic E-state index is 13.7. The van der Waals surface area contributed by atoms with Gasteiger partial charge in [-0.25, -0.2) is 4.39 Å². The number of carbonyl (C=O) groups excluding carboxylic acids is 1. The Morgan fingerprint density at radius 2 is 1.95 bits per heavy atom. The van der Waals surface area contributed by atoms with E-state index in [0.717, 1.165) is 0 Å². The van der Waals surface area contributed by atoms with Crippen molar-refractivity contribution in [3.63, 3.8) is 0 Å². The molecule has 0 fully saturated rings. The Hall–Kier alpha value is -2.56. The standard InChI is InChI=1S/C15H15FN2O2/c1-18(13-6-4-3-5-11(13)16)15(19)10-7-8-14(20-2)12(17)9-10/h3-9H,17H2,1-2H3. The number of benzene rings is 2. The number of hydrogen-bond donors (Lipinski definition) is 1. The molecule has 0 saturated carbocycles. The smallest absolute Gasteiger partial charge is 0.258 e. The summed E-state index contributed by atoms with van der Waals surface area (Å²) in [4.78, 5) is 13.6. The molecule has 2 N–H and O–H groups in total. The van der Waals surface area contributed by atoms with Gasteiger partial charge >= 0.3 is 0 Å². The van der Waals surface area contributed by atoms with Gasteiger partial charge in [0.25, 0.3) is 5.91 Å². The minimum atomic E-state index is -0.454. The number of anilines is 2. The molecule has 0 radical (unpaired) electrons. The van der Waals surface area contributed by atoms with Gasteiger partial charge < -0.3 is 15.4 Å². The zero-order valence-electron chi connectivity index (χ0n) is 11.3. The van der Waals surface area contributed by atoms with Gasteiger partial charge in [-0.3, -0.25) is 4.79 Å². The van der Waals surface area contributed by atoms with E-state index in [9.17, 15) is 9.18 Å². The normalized spacial score (nSPS) is 10.2. The number of para-hydroxylation sites is 1. The first kappa shape index (κ1) is 13.9. The van der Waals surface area contributed by atoms with E-state index in [4.69, 9.17) is 10.5 Å². The van der Waals surface area contributed by atoms with Gasteiger partial charge in [-0.2, -0.15) is 0 Å². The van der Waals surface area contributed by atoms with Gasteiger partial charge in [-0.1, -0.05) is 12.1 Å². The molecule has 4 nitrogen and oxygen atoms in total. The zero-order chi connectivity index (χ0) is 14.7. The summed E-state index contributed by atoms with van der Waals surface area (Å²) in [5, 5.41) is 0. The number of ether oxygens (including phenoxy) is 1. The maximum atomic E-state index is 13.7. The van der Waals surface area contributed by atoms with Crippen LogP contribution < -0.4 is 15.4 Å². The van der Waals surface area contributed by atoms with Crippen molar-refractivity contribution >= 4 is 17.3 Å². The Morgan fingerprint density at radius 1 is 1.25 bits per heavy atom. The van der Waals surface area contributed by atoms with Crippen molar-refractivity contribution in [1.29, 1.82) is 0 Å². The largest absolute Gasteiger partial charge is 0.495 e. The minimum absolute atomic E-state index is 0.215. The first-order chi connectivity index (χ1) is 9.54. The van der Waals surface area contributed by atoms with Crippen LogP contribution in [0.4, 0.5) is 15.8 Å². The number of rotatable bonds is 3. The summed E-state index contributed by atoms with van der Waals surface area (Å²) >= 11 is 0. The van der Waals surface area contributed by atoms with Crippen LogP contribution in [0.1, 0.15) is 10.4 Å². The summed E-state index contributed by atoms with van der Waals surface area (Å²) in [5.41, 5.74) is 6.71. The highest BCUT2D eigenvalue weighted by Crippen LogP contribution is 2.24. The van der Waals surface area contributed by atoms with Crippen LogP contribution in [-0.2, 0) is 0 Å². The molecular weight excluding hydrogens is 259 g/mol. The number of nitrogens with zero attached hydrogens (tertiary/aromatic N) is 1. The average molecular weight is 274 g/mol. The van der Waals surface area contributed by atoms with E-state index in [0.29, 0.717) is 17.0 Å². The first-order valence-electron chi connectivity index (χ1n) is 6.00. The Labute approximate surface area is 116 Å². The molecule has 0 atom stereocenters. The highest BCUT2D eigenvalue weighted by Gasteiger charge is 2.17. The monoisotopic (exact) mass is 274 g/mol. The Morgan fingerprint density at radius 3 is 2.55 bits per heavy atom. The van der Waals surface area contributed by atoms with Crippen LogP contribution in [0.3, 0.4) is 0 Å². The lowest BCUT2D eigenvalue weighted by atomic mass is 10.1. The van der Waals surface area contributed by atoms with Gasteiger partial charge in [-0.15, -0.1) is 0 Å². The maximum Gasteiger partial charge on any atom is 0.258 e. The van der Waals surface area contributed by atoms with Gasteiger partial charge in [0, 0.05) is 12.6 Å². The third-order valence-corrected chi connectivity index (χ3v) is 3.00. The number of hydrogen-bond acceptors (Lipinski definition) is 3. The molecule has 0 saturated heterocycles. The lowest BCUT2D eigenvalue weighted by molar-refractivity contribution is 0.0992. The van der Waals surface area contributed by atoms with Crippen molar-refractivity contribution in [2.75, 3.05) is 24.8 Å². The number of carbonyl (C=O) groups is 1. The van der Waals surface area contributed by atoms with Crippen molar-refractivity contribution in [3.8, 4) is 5.75 Å². The van der Waals surface area contributed by atoms with Gasteiger partial charge in [0.15, 0.2) is 0 Å². The van der Waals surface area contributed by atoms with E-state index in [-0.39, 0.29) is 11.6 Å². The molecule has 2 aromatic rings. The molecular formula is C15H15FN2O2. The van der Waals surface area contributed by atoms with E-state index in [1.807, 2.05) is 0 Å². The summed E-state index contributed by atoms with van der Waals surface area (Å²) in [6, 6.07) is 10.8. The average Bonchev–Trinajstić information content (AvgIpc) is 2.46. The van der Waals surface area contributed by atoms with Gasteiger partial charge in [0.1, 0.15) is 11.6 Å². The molecule has 0 aliphatic heterocycles. The van der Waals surface area contributed by atoms with Gasteiger partial charge in [-0.05, 0) is 30.3 Å². The minimum Gasteiger partial charge on any atom is -0.495 e. The lowest BCUT2D eigenvalue weighted by Gasteiger charge is -2.18. The van der Waals surface area contributed by atoms with E-state index in [2.05, 4.69) is 0 Å². The summed E-state index contributed by atoms with van der Waals surface area (Å²) in [6.45, 7) is 0.